The Kier molecular flexibility index (Phi) is 6.06. The van der Waals surface area contributed by atoms with Gasteiger partial charge < -0.3 is 24.8 Å². The lowest BCUT2D eigenvalue weighted by atomic mass is 10.2. The third-order valence-electron chi connectivity index (χ3n) is 5.05. The number of hydrogen-bond donors (Lipinski definition) is 2. The van der Waals surface area contributed by atoms with Gasteiger partial charge in [0, 0.05) is 24.4 Å². The second-order valence-corrected chi connectivity index (χ2v) is 7.40. The van der Waals surface area contributed by atoms with Crippen molar-refractivity contribution in [2.75, 3.05) is 32.1 Å². The smallest absolute Gasteiger partial charge is 0.248 e. The molecule has 1 saturated heterocycles. The van der Waals surface area contributed by atoms with Crippen LogP contribution >= 0.6 is 11.6 Å². The van der Waals surface area contributed by atoms with Gasteiger partial charge in [-0.05, 0) is 18.2 Å². The van der Waals surface area contributed by atoms with Crippen LogP contribution in [0.25, 0.3) is 10.9 Å². The summed E-state index contributed by atoms with van der Waals surface area (Å²) < 4.78 is 25.9. The number of carbonyl (C=O) groups excluding carboxylic acids is 1. The van der Waals surface area contributed by atoms with Crippen molar-refractivity contribution >= 4 is 39.9 Å². The van der Waals surface area contributed by atoms with Crippen LogP contribution in [-0.4, -0.2) is 58.8 Å². The molecule has 0 spiro atoms. The molecule has 1 amide bonds. The summed E-state index contributed by atoms with van der Waals surface area (Å²) in [5, 5.41) is 12.6. The van der Waals surface area contributed by atoms with Crippen LogP contribution in [-0.2, 0) is 4.79 Å². The number of carbonyl (C=O) groups is 1. The van der Waals surface area contributed by atoms with Gasteiger partial charge in [0.05, 0.1) is 29.9 Å². The van der Waals surface area contributed by atoms with Crippen molar-refractivity contribution in [1.82, 2.24) is 14.9 Å². The van der Waals surface area contributed by atoms with E-state index in [2.05, 4.69) is 15.3 Å². The van der Waals surface area contributed by atoms with Gasteiger partial charge in [-0.25, -0.2) is 14.4 Å². The molecule has 0 aliphatic carbocycles. The Morgan fingerprint density at radius 2 is 2.19 bits per heavy atom. The molecule has 1 aliphatic heterocycles. The molecule has 4 rings (SSSR count). The summed E-state index contributed by atoms with van der Waals surface area (Å²) in [6, 6.07) is 8.08. The van der Waals surface area contributed by atoms with Crippen LogP contribution in [0.15, 0.2) is 36.7 Å². The predicted molar refractivity (Wildman–Crippen MR) is 113 cm³/mol. The molecule has 2 N–H and O–H groups in total. The van der Waals surface area contributed by atoms with E-state index in [1.165, 1.54) is 19.5 Å². The lowest BCUT2D eigenvalue weighted by Crippen LogP contribution is -2.32. The van der Waals surface area contributed by atoms with E-state index >= 15 is 0 Å². The van der Waals surface area contributed by atoms with Gasteiger partial charge >= 0.3 is 0 Å². The van der Waals surface area contributed by atoms with Crippen molar-refractivity contribution in [3.8, 4) is 11.5 Å². The molecule has 1 aliphatic rings. The van der Waals surface area contributed by atoms with Gasteiger partial charge in [-0.1, -0.05) is 17.7 Å². The number of methoxy groups -OCH3 is 1. The van der Waals surface area contributed by atoms with Crippen LogP contribution in [0.3, 0.4) is 0 Å². The molecule has 1 fully saturated rings. The summed E-state index contributed by atoms with van der Waals surface area (Å²) in [7, 11) is 1.51. The molecular formula is C21H20ClFN4O4. The average Bonchev–Trinajstić information content (AvgIpc) is 3.24. The molecule has 1 atom stereocenters. The van der Waals surface area contributed by atoms with E-state index in [1.807, 2.05) is 0 Å². The number of aliphatic hydroxyl groups excluding tert-OH is 1. The molecule has 8 nitrogen and oxygen atoms in total. The number of benzene rings is 2. The van der Waals surface area contributed by atoms with E-state index in [1.54, 1.807) is 29.2 Å². The highest BCUT2D eigenvalue weighted by Crippen LogP contribution is 2.36. The average molecular weight is 447 g/mol. The van der Waals surface area contributed by atoms with Crippen LogP contribution in [0.1, 0.15) is 6.42 Å². The predicted octanol–water partition coefficient (Wildman–Crippen LogP) is 3.15. The Balaban J connectivity index is 1.63. The zero-order valence-electron chi connectivity index (χ0n) is 16.6. The maximum Gasteiger partial charge on any atom is 0.248 e. The van der Waals surface area contributed by atoms with Gasteiger partial charge in [0.25, 0.3) is 0 Å². The number of ether oxygens (including phenoxy) is 2. The summed E-state index contributed by atoms with van der Waals surface area (Å²) in [6.07, 6.45) is 1.76. The van der Waals surface area contributed by atoms with Gasteiger partial charge in [0.1, 0.15) is 24.9 Å². The van der Waals surface area contributed by atoms with Gasteiger partial charge in [-0.2, -0.15) is 0 Å². The van der Waals surface area contributed by atoms with E-state index in [4.69, 9.17) is 26.2 Å². The quantitative estimate of drug-likeness (QED) is 0.600. The molecule has 162 valence electrons. The normalized spacial score (nSPS) is 15.9. The lowest BCUT2D eigenvalue weighted by molar-refractivity contribution is -0.133. The van der Waals surface area contributed by atoms with E-state index in [0.29, 0.717) is 47.7 Å². The van der Waals surface area contributed by atoms with Crippen molar-refractivity contribution in [1.29, 1.82) is 0 Å². The summed E-state index contributed by atoms with van der Waals surface area (Å²) >= 11 is 5.86. The highest BCUT2D eigenvalue weighted by atomic mass is 35.5. The number of likely N-dealkylation sites (tertiary alicyclic amines) is 1. The molecule has 10 heteroatoms. The fourth-order valence-electron chi connectivity index (χ4n) is 3.47. The van der Waals surface area contributed by atoms with Crippen molar-refractivity contribution in [3.05, 3.63) is 47.5 Å². The van der Waals surface area contributed by atoms with Gasteiger partial charge in [-0.3, -0.25) is 4.79 Å². The van der Waals surface area contributed by atoms with Crippen molar-refractivity contribution in [2.24, 2.45) is 0 Å². The molecule has 0 unspecified atom stereocenters. The first-order valence-corrected chi connectivity index (χ1v) is 9.97. The maximum atomic E-state index is 14.3. The number of nitrogens with one attached hydrogen (secondary N) is 1. The number of anilines is 2. The molecule has 1 aromatic heterocycles. The molecule has 2 aromatic carbocycles. The second kappa shape index (κ2) is 8.91. The highest BCUT2D eigenvalue weighted by molar-refractivity contribution is 6.31. The molecule has 2 heterocycles. The molecule has 3 aromatic rings. The Morgan fingerprint density at radius 3 is 2.97 bits per heavy atom. The van der Waals surface area contributed by atoms with Crippen LogP contribution in [0, 0.1) is 5.82 Å². The fourth-order valence-corrected chi connectivity index (χ4v) is 3.65. The SMILES string of the molecule is COc1cc2c(Nc3cccc(Cl)c3F)ncnc2cc1O[C@@H]1CCN(C(=O)CO)C1. The topological polar surface area (TPSA) is 96.8 Å². The summed E-state index contributed by atoms with van der Waals surface area (Å²) in [5.41, 5.74) is 0.753. The van der Waals surface area contributed by atoms with Crippen molar-refractivity contribution in [2.45, 2.75) is 12.5 Å². The van der Waals surface area contributed by atoms with Gasteiger partial charge in [0.15, 0.2) is 17.3 Å². The zero-order valence-corrected chi connectivity index (χ0v) is 17.4. The van der Waals surface area contributed by atoms with Crippen LogP contribution in [0.5, 0.6) is 11.5 Å². The number of aliphatic hydroxyl groups is 1. The van der Waals surface area contributed by atoms with Gasteiger partial charge in [0.2, 0.25) is 5.91 Å². The number of rotatable bonds is 6. The number of fused-ring (bicyclic) bond motifs is 1. The number of hydrogen-bond acceptors (Lipinski definition) is 7. The number of halogens is 2. The Labute approximate surface area is 182 Å². The monoisotopic (exact) mass is 446 g/mol. The van der Waals surface area contributed by atoms with E-state index in [9.17, 15) is 9.18 Å². The molecule has 31 heavy (non-hydrogen) atoms. The largest absolute Gasteiger partial charge is 0.493 e. The minimum Gasteiger partial charge on any atom is -0.493 e. The molecule has 0 bridgehead atoms. The van der Waals surface area contributed by atoms with E-state index in [0.717, 1.165) is 0 Å². The van der Waals surface area contributed by atoms with E-state index < -0.39 is 12.4 Å². The summed E-state index contributed by atoms with van der Waals surface area (Å²) in [6.45, 7) is 0.374. The minimum absolute atomic E-state index is 0.00177. The maximum absolute atomic E-state index is 14.3. The first-order chi connectivity index (χ1) is 15.0. The Morgan fingerprint density at radius 1 is 1.35 bits per heavy atom. The van der Waals surface area contributed by atoms with Crippen LogP contribution < -0.4 is 14.8 Å². The molecule has 0 radical (unpaired) electrons. The molecule has 0 saturated carbocycles. The first kappa shape index (κ1) is 21.1. The minimum atomic E-state index is -0.578. The van der Waals surface area contributed by atoms with Crippen LogP contribution in [0.2, 0.25) is 5.02 Å². The van der Waals surface area contributed by atoms with Crippen molar-refractivity contribution in [3.63, 3.8) is 0 Å². The zero-order chi connectivity index (χ0) is 22.0. The highest BCUT2D eigenvalue weighted by Gasteiger charge is 2.28. The van der Waals surface area contributed by atoms with E-state index in [-0.39, 0.29) is 22.7 Å². The standard InChI is InChI=1S/C21H20ClFN4O4/c1-30-17-7-13-16(8-18(17)31-12-5-6-27(9-12)19(29)10-28)24-11-25-21(13)26-15-4-2-3-14(22)20(15)23/h2-4,7-8,11-12,28H,5-6,9-10H2,1H3,(H,24,25,26)/t12-/m1/s1. The Hall–Kier alpha value is -3.17. The second-order valence-electron chi connectivity index (χ2n) is 7.00. The number of amides is 1. The fraction of sp³-hybridized carbons (Fsp3) is 0.286. The van der Waals surface area contributed by atoms with Gasteiger partial charge in [-0.15, -0.1) is 0 Å². The molecular weight excluding hydrogens is 427 g/mol. The summed E-state index contributed by atoms with van der Waals surface area (Å²) in [5.74, 6) is 0.400. The van der Waals surface area contributed by atoms with Crippen LogP contribution in [0.4, 0.5) is 15.9 Å². The lowest BCUT2D eigenvalue weighted by Gasteiger charge is -2.18. The third kappa shape index (κ3) is 4.33. The summed E-state index contributed by atoms with van der Waals surface area (Å²) in [4.78, 5) is 21.7. The first-order valence-electron chi connectivity index (χ1n) is 9.59. The number of nitrogens with zero attached hydrogens (tertiary/aromatic N) is 3. The van der Waals surface area contributed by atoms with Crippen molar-refractivity contribution < 1.29 is 23.8 Å². The Bertz CT molecular complexity index is 1130. The third-order valence-corrected chi connectivity index (χ3v) is 5.34. The number of aromatic nitrogens is 2.